The Morgan fingerprint density at radius 1 is 1.00 bits per heavy atom. The van der Waals surface area contributed by atoms with Crippen LogP contribution in [0.5, 0.6) is 0 Å². The van der Waals surface area contributed by atoms with Gasteiger partial charge in [0.05, 0.1) is 0 Å². The lowest BCUT2D eigenvalue weighted by molar-refractivity contribution is 0.557. The fraction of sp³-hybridized carbons (Fsp3) is 0. The van der Waals surface area contributed by atoms with E-state index in [4.69, 9.17) is 4.42 Å². The molecule has 4 heteroatoms. The van der Waals surface area contributed by atoms with E-state index in [-0.39, 0.29) is 11.4 Å². The Morgan fingerprint density at radius 2 is 1.74 bits per heavy atom. The van der Waals surface area contributed by atoms with Crippen molar-refractivity contribution in [2.24, 2.45) is 0 Å². The highest BCUT2D eigenvalue weighted by Gasteiger charge is 2.06. The second-order valence-corrected chi connectivity index (χ2v) is 5.10. The Hall–Kier alpha value is -2.07. The molecule has 0 fully saturated rings. The number of halogens is 1. The summed E-state index contributed by atoms with van der Waals surface area (Å²) >= 11 is 1.41. The zero-order valence-corrected chi connectivity index (χ0v) is 10.6. The van der Waals surface area contributed by atoms with Crippen molar-refractivity contribution in [3.05, 3.63) is 70.8 Å². The van der Waals surface area contributed by atoms with Gasteiger partial charge < -0.3 is 4.42 Å². The fourth-order valence-electron chi connectivity index (χ4n) is 1.80. The molecule has 1 aromatic heterocycles. The lowest BCUT2D eigenvalue weighted by Crippen LogP contribution is -1.97. The summed E-state index contributed by atoms with van der Waals surface area (Å²) in [5.74, 6) is -0.276. The van der Waals surface area contributed by atoms with E-state index in [1.165, 1.54) is 30.0 Å². The van der Waals surface area contributed by atoms with Gasteiger partial charge in [-0.2, -0.15) is 0 Å². The maximum Gasteiger partial charge on any atom is 0.337 e. The molecule has 0 aliphatic heterocycles. The van der Waals surface area contributed by atoms with Crippen molar-refractivity contribution in [1.29, 1.82) is 0 Å². The molecule has 2 aromatic carbocycles. The number of fused-ring (bicyclic) bond motifs is 1. The third-order valence-corrected chi connectivity index (χ3v) is 3.72. The van der Waals surface area contributed by atoms with Gasteiger partial charge in [-0.1, -0.05) is 30.0 Å². The van der Waals surface area contributed by atoms with Crippen LogP contribution in [0.25, 0.3) is 11.0 Å². The summed E-state index contributed by atoms with van der Waals surface area (Å²) in [6, 6.07) is 15.0. The van der Waals surface area contributed by atoms with Gasteiger partial charge in [-0.05, 0) is 30.3 Å². The lowest BCUT2D eigenvalue weighted by Gasteiger charge is -2.04. The van der Waals surface area contributed by atoms with Crippen molar-refractivity contribution in [3.63, 3.8) is 0 Å². The Morgan fingerprint density at radius 3 is 2.53 bits per heavy atom. The number of hydrogen-bond acceptors (Lipinski definition) is 3. The summed E-state index contributed by atoms with van der Waals surface area (Å²) in [7, 11) is 0. The number of hydrogen-bond donors (Lipinski definition) is 0. The fourth-order valence-corrected chi connectivity index (χ4v) is 2.76. The molecule has 3 rings (SSSR count). The third-order valence-electron chi connectivity index (χ3n) is 2.65. The van der Waals surface area contributed by atoms with E-state index in [0.717, 1.165) is 15.2 Å². The molecular weight excluding hydrogens is 263 g/mol. The number of rotatable bonds is 2. The first-order chi connectivity index (χ1) is 9.22. The van der Waals surface area contributed by atoms with E-state index < -0.39 is 0 Å². The van der Waals surface area contributed by atoms with Gasteiger partial charge in [-0.15, -0.1) is 0 Å². The molecule has 0 aliphatic rings. The molecule has 0 spiro atoms. The number of benzene rings is 2. The predicted molar refractivity (Wildman–Crippen MR) is 73.0 cm³/mol. The molecule has 0 bridgehead atoms. The van der Waals surface area contributed by atoms with Crippen molar-refractivity contribution in [2.75, 3.05) is 0 Å². The highest BCUT2D eigenvalue weighted by Crippen LogP contribution is 2.32. The minimum atomic E-state index is -0.386. The molecule has 2 nitrogen and oxygen atoms in total. The highest BCUT2D eigenvalue weighted by atomic mass is 32.2. The molecule has 94 valence electrons. The van der Waals surface area contributed by atoms with Crippen molar-refractivity contribution in [2.45, 2.75) is 9.79 Å². The van der Waals surface area contributed by atoms with Gasteiger partial charge in [-0.3, -0.25) is 0 Å². The van der Waals surface area contributed by atoms with Crippen LogP contribution in [-0.2, 0) is 0 Å². The van der Waals surface area contributed by atoms with Crippen LogP contribution < -0.4 is 5.63 Å². The first-order valence-corrected chi connectivity index (χ1v) is 6.50. The summed E-state index contributed by atoms with van der Waals surface area (Å²) in [4.78, 5) is 13.2. The second kappa shape index (κ2) is 4.90. The van der Waals surface area contributed by atoms with Gasteiger partial charge in [0, 0.05) is 21.2 Å². The van der Waals surface area contributed by atoms with Crippen molar-refractivity contribution >= 4 is 22.7 Å². The molecular formula is C15H9FO2S. The van der Waals surface area contributed by atoms with Gasteiger partial charge in [0.2, 0.25) is 0 Å². The van der Waals surface area contributed by atoms with Gasteiger partial charge in [0.1, 0.15) is 11.4 Å². The Kier molecular flexibility index (Phi) is 3.09. The molecule has 0 atom stereocenters. The summed E-state index contributed by atoms with van der Waals surface area (Å²) in [6.45, 7) is 0. The summed E-state index contributed by atoms with van der Waals surface area (Å²) in [6.07, 6.45) is 0. The van der Waals surface area contributed by atoms with Gasteiger partial charge >= 0.3 is 5.63 Å². The molecule has 19 heavy (non-hydrogen) atoms. The largest absolute Gasteiger partial charge is 0.423 e. The van der Waals surface area contributed by atoms with E-state index in [9.17, 15) is 9.18 Å². The SMILES string of the molecule is O=c1cc(Sc2ccc(F)cc2)c2ccccc2o1. The quantitative estimate of drug-likeness (QED) is 0.658. The molecule has 0 N–H and O–H groups in total. The van der Waals surface area contributed by atoms with E-state index >= 15 is 0 Å². The molecule has 0 radical (unpaired) electrons. The normalized spacial score (nSPS) is 10.8. The smallest absolute Gasteiger partial charge is 0.337 e. The van der Waals surface area contributed by atoms with Crippen molar-refractivity contribution in [3.8, 4) is 0 Å². The average Bonchev–Trinajstić information content (AvgIpc) is 2.41. The average molecular weight is 272 g/mol. The van der Waals surface area contributed by atoms with Crippen LogP contribution in [0.3, 0.4) is 0 Å². The van der Waals surface area contributed by atoms with Gasteiger partial charge in [0.25, 0.3) is 0 Å². The molecule has 0 saturated heterocycles. The first-order valence-electron chi connectivity index (χ1n) is 5.69. The van der Waals surface area contributed by atoms with Crippen LogP contribution >= 0.6 is 11.8 Å². The van der Waals surface area contributed by atoms with Gasteiger partial charge in [-0.25, -0.2) is 9.18 Å². The standard InChI is InChI=1S/C15H9FO2S/c16-10-5-7-11(8-6-10)19-14-9-15(17)18-13-4-2-1-3-12(13)14/h1-9H. The van der Waals surface area contributed by atoms with Crippen LogP contribution in [0.4, 0.5) is 4.39 Å². The molecule has 0 saturated carbocycles. The third kappa shape index (κ3) is 2.53. The molecule has 0 unspecified atom stereocenters. The van der Waals surface area contributed by atoms with Gasteiger partial charge in [0.15, 0.2) is 0 Å². The zero-order valence-electron chi connectivity index (χ0n) is 9.80. The zero-order chi connectivity index (χ0) is 13.2. The summed E-state index contributed by atoms with van der Waals surface area (Å²) in [5, 5.41) is 0.872. The van der Waals surface area contributed by atoms with Crippen LogP contribution in [0.1, 0.15) is 0 Å². The second-order valence-electron chi connectivity index (χ2n) is 3.98. The minimum absolute atomic E-state index is 0.276. The summed E-state index contributed by atoms with van der Waals surface area (Å²) in [5.41, 5.74) is 0.169. The Labute approximate surface area is 112 Å². The van der Waals surface area contributed by atoms with Crippen LogP contribution in [-0.4, -0.2) is 0 Å². The minimum Gasteiger partial charge on any atom is -0.423 e. The Balaban J connectivity index is 2.09. The van der Waals surface area contributed by atoms with Crippen LogP contribution in [0.2, 0.25) is 0 Å². The van der Waals surface area contributed by atoms with Crippen LogP contribution in [0.15, 0.2) is 73.6 Å². The Bertz CT molecular complexity index is 778. The topological polar surface area (TPSA) is 30.2 Å². The van der Waals surface area contributed by atoms with E-state index in [2.05, 4.69) is 0 Å². The first kappa shape index (κ1) is 12.0. The summed E-state index contributed by atoms with van der Waals surface area (Å²) < 4.78 is 18.0. The molecule has 0 aliphatic carbocycles. The van der Waals surface area contributed by atoms with E-state index in [1.807, 2.05) is 18.2 Å². The lowest BCUT2D eigenvalue weighted by atomic mass is 10.2. The highest BCUT2D eigenvalue weighted by molar-refractivity contribution is 7.99. The molecule has 3 aromatic rings. The van der Waals surface area contributed by atoms with Crippen molar-refractivity contribution in [1.82, 2.24) is 0 Å². The maximum atomic E-state index is 12.9. The molecule has 0 amide bonds. The van der Waals surface area contributed by atoms with E-state index in [1.54, 1.807) is 18.2 Å². The molecule has 1 heterocycles. The predicted octanol–water partition coefficient (Wildman–Crippen LogP) is 4.08. The van der Waals surface area contributed by atoms with Crippen molar-refractivity contribution < 1.29 is 8.81 Å². The maximum absolute atomic E-state index is 12.9. The number of para-hydroxylation sites is 1. The monoisotopic (exact) mass is 272 g/mol. The van der Waals surface area contributed by atoms with E-state index in [0.29, 0.717) is 5.58 Å². The van der Waals surface area contributed by atoms with Crippen LogP contribution in [0, 0.1) is 5.82 Å².